The molecule has 184 valence electrons. The molecule has 3 aromatic rings. The summed E-state index contributed by atoms with van der Waals surface area (Å²) in [5.74, 6) is -2.83. The maximum atomic E-state index is 14.2. The second-order valence-corrected chi connectivity index (χ2v) is 8.66. The van der Waals surface area contributed by atoms with Crippen molar-refractivity contribution in [3.8, 4) is 17.2 Å². The van der Waals surface area contributed by atoms with Crippen LogP contribution in [0.25, 0.3) is 0 Å². The van der Waals surface area contributed by atoms with Crippen LogP contribution in [0.4, 0.5) is 14.6 Å². The fraction of sp³-hybridized carbons (Fsp3) is 0.292. The highest BCUT2D eigenvalue weighted by atomic mass is 35.5. The van der Waals surface area contributed by atoms with Gasteiger partial charge in [-0.25, -0.2) is 4.39 Å². The monoisotopic (exact) mass is 504 g/mol. The largest absolute Gasteiger partial charge is 0.456 e. The van der Waals surface area contributed by atoms with Crippen molar-refractivity contribution in [2.75, 3.05) is 25.1 Å². The smallest absolute Gasteiger partial charge is 0.273 e. The number of halogens is 3. The van der Waals surface area contributed by atoms with Gasteiger partial charge in [0.05, 0.1) is 5.02 Å². The van der Waals surface area contributed by atoms with Crippen LogP contribution in [0.3, 0.4) is 0 Å². The highest BCUT2D eigenvalue weighted by Crippen LogP contribution is 2.34. The minimum absolute atomic E-state index is 0.0542. The molecule has 1 saturated heterocycles. The third-order valence-electron chi connectivity index (χ3n) is 5.22. The summed E-state index contributed by atoms with van der Waals surface area (Å²) in [6, 6.07) is 10.2. The predicted octanol–water partition coefficient (Wildman–Crippen LogP) is 5.00. The first kappa shape index (κ1) is 24.5. The minimum atomic E-state index is -2.61. The normalized spacial score (nSPS) is 14.6. The molecule has 2 heterocycles. The van der Waals surface area contributed by atoms with Gasteiger partial charge >= 0.3 is 0 Å². The summed E-state index contributed by atoms with van der Waals surface area (Å²) < 4.78 is 39.7. The molecular weight excluding hydrogens is 482 g/mol. The highest BCUT2D eigenvalue weighted by molar-refractivity contribution is 6.32. The summed E-state index contributed by atoms with van der Waals surface area (Å²) in [4.78, 5) is 26.9. The van der Waals surface area contributed by atoms with Gasteiger partial charge in [0.1, 0.15) is 17.2 Å². The van der Waals surface area contributed by atoms with Crippen molar-refractivity contribution in [1.82, 2.24) is 14.7 Å². The number of amides is 2. The molecule has 0 saturated carbocycles. The molecule has 2 aromatic carbocycles. The minimum Gasteiger partial charge on any atom is -0.456 e. The lowest BCUT2D eigenvalue weighted by Crippen LogP contribution is -2.41. The number of hydrogen-bond acceptors (Lipinski definition) is 5. The highest BCUT2D eigenvalue weighted by Gasteiger charge is 2.26. The molecule has 0 spiro atoms. The van der Waals surface area contributed by atoms with Crippen molar-refractivity contribution in [2.45, 2.75) is 19.2 Å². The number of nitrogens with zero attached hydrogens (tertiary/aromatic N) is 3. The zero-order valence-electron chi connectivity index (χ0n) is 19.1. The number of aryl methyl sites for hydroxylation is 1. The predicted molar refractivity (Wildman–Crippen MR) is 126 cm³/mol. The number of rotatable bonds is 8. The second kappa shape index (κ2) is 9.91. The van der Waals surface area contributed by atoms with E-state index in [-0.39, 0.29) is 33.7 Å². The number of nitrogens with one attached hydrogen (secondary N) is 1. The van der Waals surface area contributed by atoms with Crippen LogP contribution in [0.15, 0.2) is 48.7 Å². The molecule has 1 aliphatic heterocycles. The number of aromatic nitrogens is 2. The quantitative estimate of drug-likeness (QED) is 0.466. The number of carbonyl (C=O) groups excluding carboxylic acids is 2. The molecular formula is C24H23ClF2N4O4. The van der Waals surface area contributed by atoms with Crippen molar-refractivity contribution in [3.63, 3.8) is 0 Å². The maximum Gasteiger partial charge on any atom is 0.273 e. The van der Waals surface area contributed by atoms with E-state index < -0.39 is 18.4 Å². The molecule has 11 heteroatoms. The summed E-state index contributed by atoms with van der Waals surface area (Å²) in [5, 5.41) is 6.86. The average Bonchev–Trinajstić information content (AvgIpc) is 3.18. The van der Waals surface area contributed by atoms with Crippen molar-refractivity contribution in [1.29, 1.82) is 0 Å². The van der Waals surface area contributed by atoms with Crippen LogP contribution in [0.2, 0.25) is 5.02 Å². The molecule has 4 rings (SSSR count). The number of ether oxygens (including phenoxy) is 2. The van der Waals surface area contributed by atoms with Crippen LogP contribution >= 0.6 is 11.6 Å². The van der Waals surface area contributed by atoms with Gasteiger partial charge in [-0.2, -0.15) is 9.49 Å². The zero-order chi connectivity index (χ0) is 25.2. The van der Waals surface area contributed by atoms with Gasteiger partial charge in [0.25, 0.3) is 17.7 Å². The molecule has 8 nitrogen and oxygen atoms in total. The standard InChI is InChI=1S/C24H23ClF2N4O4/c1-24(27,14-26)35-18-11-16(22(32)28-21-6-9-30(2)29-21)10-17(13-18)34-20-5-4-15(12-19(20)25)23(33)31-7-3-8-31/h4-6,9-13H,3,7-8,14H2,1-2H3,(H,28,29,32). The van der Waals surface area contributed by atoms with Crippen molar-refractivity contribution in [2.24, 2.45) is 7.05 Å². The Morgan fingerprint density at radius 3 is 2.49 bits per heavy atom. The van der Waals surface area contributed by atoms with Gasteiger partial charge in [0, 0.05) is 56.5 Å². The number of anilines is 1. The number of hydrogen-bond donors (Lipinski definition) is 1. The van der Waals surface area contributed by atoms with E-state index >= 15 is 0 Å². The van der Waals surface area contributed by atoms with Gasteiger partial charge in [-0.15, -0.1) is 0 Å². The summed E-state index contributed by atoms with van der Waals surface area (Å²) in [6.45, 7) is 0.944. The third kappa shape index (κ3) is 5.89. The second-order valence-electron chi connectivity index (χ2n) is 8.25. The van der Waals surface area contributed by atoms with Crippen molar-refractivity contribution in [3.05, 3.63) is 64.8 Å². The van der Waals surface area contributed by atoms with E-state index in [1.54, 1.807) is 30.3 Å². The lowest BCUT2D eigenvalue weighted by atomic mass is 10.1. The van der Waals surface area contributed by atoms with Crippen LogP contribution in [0.1, 0.15) is 34.1 Å². The third-order valence-corrected chi connectivity index (χ3v) is 5.51. The molecule has 1 fully saturated rings. The van der Waals surface area contributed by atoms with E-state index in [0.717, 1.165) is 13.3 Å². The number of carbonyl (C=O) groups is 2. The van der Waals surface area contributed by atoms with Gasteiger partial charge in [-0.1, -0.05) is 11.6 Å². The first-order valence-corrected chi connectivity index (χ1v) is 11.2. The maximum absolute atomic E-state index is 14.2. The first-order chi connectivity index (χ1) is 16.6. The lowest BCUT2D eigenvalue weighted by Gasteiger charge is -2.31. The van der Waals surface area contributed by atoms with E-state index in [1.165, 1.54) is 35.0 Å². The fourth-order valence-corrected chi connectivity index (χ4v) is 3.53. The fourth-order valence-electron chi connectivity index (χ4n) is 3.31. The van der Waals surface area contributed by atoms with Crippen molar-refractivity contribution < 1.29 is 27.8 Å². The Morgan fingerprint density at radius 2 is 1.89 bits per heavy atom. The Balaban J connectivity index is 1.60. The molecule has 0 aliphatic carbocycles. The average molecular weight is 505 g/mol. The van der Waals surface area contributed by atoms with Gasteiger partial charge in [-0.05, 0) is 36.8 Å². The summed E-state index contributed by atoms with van der Waals surface area (Å²) in [7, 11) is 1.70. The van der Waals surface area contributed by atoms with Crippen LogP contribution < -0.4 is 14.8 Å². The van der Waals surface area contributed by atoms with Gasteiger partial charge in [0.15, 0.2) is 12.5 Å². The summed E-state index contributed by atoms with van der Waals surface area (Å²) in [6.07, 6.45) is 2.62. The number of benzene rings is 2. The Bertz CT molecular complexity index is 1260. The Kier molecular flexibility index (Phi) is 6.93. The molecule has 1 unspecified atom stereocenters. The zero-order valence-corrected chi connectivity index (χ0v) is 19.8. The van der Waals surface area contributed by atoms with Crippen LogP contribution in [0, 0.1) is 0 Å². The first-order valence-electron chi connectivity index (χ1n) is 10.8. The van der Waals surface area contributed by atoms with E-state index in [1.807, 2.05) is 0 Å². The summed E-state index contributed by atoms with van der Waals surface area (Å²) in [5.41, 5.74) is 0.476. The van der Waals surface area contributed by atoms with E-state index in [0.29, 0.717) is 24.5 Å². The molecule has 1 N–H and O–H groups in total. The molecule has 0 radical (unpaired) electrons. The molecule has 1 atom stereocenters. The molecule has 0 bridgehead atoms. The van der Waals surface area contributed by atoms with Gasteiger partial charge in [0.2, 0.25) is 0 Å². The lowest BCUT2D eigenvalue weighted by molar-refractivity contribution is -0.0623. The van der Waals surface area contributed by atoms with E-state index in [9.17, 15) is 18.4 Å². The van der Waals surface area contributed by atoms with Crippen molar-refractivity contribution >= 4 is 29.2 Å². The SMILES string of the molecule is Cn1ccc(NC(=O)c2cc(Oc3ccc(C(=O)N4CCC4)cc3Cl)cc(OC(C)(F)CF)c2)n1. The Labute approximate surface area is 205 Å². The van der Waals surface area contributed by atoms with Crippen LogP contribution in [-0.4, -0.2) is 52.1 Å². The number of alkyl halides is 2. The van der Waals surface area contributed by atoms with Crippen LogP contribution in [-0.2, 0) is 7.05 Å². The van der Waals surface area contributed by atoms with Gasteiger partial charge in [-0.3, -0.25) is 14.3 Å². The Morgan fingerprint density at radius 1 is 1.14 bits per heavy atom. The summed E-state index contributed by atoms with van der Waals surface area (Å²) >= 11 is 6.34. The van der Waals surface area contributed by atoms with E-state index in [2.05, 4.69) is 10.4 Å². The van der Waals surface area contributed by atoms with Gasteiger partial charge < -0.3 is 19.7 Å². The topological polar surface area (TPSA) is 85.7 Å². The molecule has 1 aromatic heterocycles. The molecule has 1 aliphatic rings. The van der Waals surface area contributed by atoms with E-state index in [4.69, 9.17) is 21.1 Å². The van der Waals surface area contributed by atoms with Crippen LogP contribution in [0.5, 0.6) is 17.2 Å². The molecule has 2 amide bonds. The molecule has 35 heavy (non-hydrogen) atoms. The number of likely N-dealkylation sites (tertiary alicyclic amines) is 1. The Hall–Kier alpha value is -3.66.